The Morgan fingerprint density at radius 2 is 1.77 bits per heavy atom. The van der Waals surface area contributed by atoms with E-state index in [9.17, 15) is 8.78 Å². The van der Waals surface area contributed by atoms with Crippen LogP contribution in [0.25, 0.3) is 0 Å². The lowest BCUT2D eigenvalue weighted by atomic mass is 10.1. The number of hydrogen-bond acceptors (Lipinski definition) is 9. The molecule has 3 N–H and O–H groups in total. The highest BCUT2D eigenvalue weighted by Gasteiger charge is 2.17. The molecule has 202 valence electrons. The van der Waals surface area contributed by atoms with E-state index in [4.69, 9.17) is 19.6 Å². The number of aromatic nitrogens is 3. The minimum absolute atomic E-state index is 0.0116. The van der Waals surface area contributed by atoms with E-state index in [2.05, 4.69) is 25.6 Å². The molecule has 0 bridgehead atoms. The second-order valence-electron chi connectivity index (χ2n) is 8.40. The number of nitrogens with one attached hydrogen (secondary N) is 3. The lowest BCUT2D eigenvalue weighted by molar-refractivity contribution is 0.146. The molecular weight excluding hydrogens is 506 g/mol. The highest BCUT2D eigenvalue weighted by Crippen LogP contribution is 2.27. The van der Waals surface area contributed by atoms with Gasteiger partial charge in [-0.15, -0.1) is 0 Å². The molecule has 0 saturated carbocycles. The number of pyridine rings is 1. The number of hydrogen-bond donors (Lipinski definition) is 3. The van der Waals surface area contributed by atoms with Gasteiger partial charge in [0.1, 0.15) is 29.7 Å². The topological polar surface area (TPSA) is 114 Å². The highest BCUT2D eigenvalue weighted by molar-refractivity contribution is 6.12. The van der Waals surface area contributed by atoms with E-state index < -0.39 is 11.6 Å². The minimum atomic E-state index is -0.747. The van der Waals surface area contributed by atoms with Crippen LogP contribution in [-0.2, 0) is 11.3 Å². The summed E-state index contributed by atoms with van der Waals surface area (Å²) < 4.78 is 45.0. The summed E-state index contributed by atoms with van der Waals surface area (Å²) in [5.41, 5.74) is 2.36. The highest BCUT2D eigenvalue weighted by atomic mass is 19.1. The maximum Gasteiger partial charge on any atom is 0.180 e. The maximum atomic E-state index is 14.7. The molecule has 0 radical (unpaired) electrons. The molecule has 39 heavy (non-hydrogen) atoms. The van der Waals surface area contributed by atoms with Crippen molar-refractivity contribution in [3.05, 3.63) is 95.2 Å². The molecule has 2 heterocycles. The molecule has 0 amide bonds. The first-order valence-corrected chi connectivity index (χ1v) is 12.0. The van der Waals surface area contributed by atoms with Gasteiger partial charge in [-0.3, -0.25) is 10.4 Å². The van der Waals surface area contributed by atoms with Gasteiger partial charge in [-0.2, -0.15) is 0 Å². The Bertz CT molecular complexity index is 1440. The molecule has 0 aliphatic carbocycles. The molecule has 0 fully saturated rings. The van der Waals surface area contributed by atoms with Gasteiger partial charge >= 0.3 is 0 Å². The average Bonchev–Trinajstić information content (AvgIpc) is 2.92. The quantitative estimate of drug-likeness (QED) is 0.167. The second kappa shape index (κ2) is 12.7. The zero-order valence-corrected chi connectivity index (χ0v) is 21.7. The van der Waals surface area contributed by atoms with Crippen LogP contribution in [0.3, 0.4) is 0 Å². The van der Waals surface area contributed by atoms with Crippen molar-refractivity contribution >= 4 is 22.9 Å². The zero-order chi connectivity index (χ0) is 27.8. The number of nitrogens with zero attached hydrogens (tertiary/aromatic N) is 3. The van der Waals surface area contributed by atoms with Crippen molar-refractivity contribution in [2.24, 2.45) is 0 Å². The van der Waals surface area contributed by atoms with Gasteiger partial charge in [-0.05, 0) is 25.1 Å². The van der Waals surface area contributed by atoms with Gasteiger partial charge in [0, 0.05) is 60.2 Å². The molecule has 0 spiro atoms. The first kappa shape index (κ1) is 27.4. The molecular formula is C28H28F2N6O3. The smallest absolute Gasteiger partial charge is 0.180 e. The molecule has 0 aliphatic heterocycles. The predicted octanol–water partition coefficient (Wildman–Crippen LogP) is 5.26. The van der Waals surface area contributed by atoms with Crippen LogP contribution >= 0.6 is 0 Å². The second-order valence-corrected chi connectivity index (χ2v) is 8.40. The van der Waals surface area contributed by atoms with Gasteiger partial charge in [-0.1, -0.05) is 18.2 Å². The predicted molar refractivity (Wildman–Crippen MR) is 144 cm³/mol. The van der Waals surface area contributed by atoms with E-state index in [1.807, 2.05) is 13.0 Å². The summed E-state index contributed by atoms with van der Waals surface area (Å²) in [5, 5.41) is 15.0. The third-order valence-electron chi connectivity index (χ3n) is 5.68. The Hall–Kier alpha value is -4.64. The third-order valence-corrected chi connectivity index (χ3v) is 5.68. The number of para-hydroxylation sites is 1. The Morgan fingerprint density at radius 1 is 1.00 bits per heavy atom. The molecule has 4 rings (SSSR count). The van der Waals surface area contributed by atoms with E-state index >= 15 is 0 Å². The summed E-state index contributed by atoms with van der Waals surface area (Å²) >= 11 is 0. The lowest BCUT2D eigenvalue weighted by Crippen LogP contribution is -2.13. The summed E-state index contributed by atoms with van der Waals surface area (Å²) in [7, 11) is 3.01. The summed E-state index contributed by atoms with van der Waals surface area (Å²) in [6, 6.07) is 12.8. The Kier molecular flexibility index (Phi) is 8.95. The van der Waals surface area contributed by atoms with E-state index in [-0.39, 0.29) is 36.0 Å². The van der Waals surface area contributed by atoms with E-state index in [1.165, 1.54) is 20.4 Å². The van der Waals surface area contributed by atoms with Crippen LogP contribution in [0.2, 0.25) is 0 Å². The fraction of sp³-hybridized carbons (Fsp3) is 0.214. The van der Waals surface area contributed by atoms with Crippen molar-refractivity contribution in [3.8, 4) is 11.5 Å². The van der Waals surface area contributed by atoms with Gasteiger partial charge in [0.25, 0.3) is 0 Å². The molecule has 4 aromatic rings. The Labute approximate surface area is 224 Å². The monoisotopic (exact) mass is 534 g/mol. The van der Waals surface area contributed by atoms with Gasteiger partial charge < -0.3 is 24.8 Å². The normalized spacial score (nSPS) is 10.7. The van der Waals surface area contributed by atoms with Crippen molar-refractivity contribution in [2.75, 3.05) is 38.1 Å². The number of benzene rings is 2. The Balaban J connectivity index is 1.55. The number of aryl methyl sites for hydroxylation is 1. The molecule has 0 atom stereocenters. The number of ether oxygens (including phenoxy) is 3. The van der Waals surface area contributed by atoms with Crippen LogP contribution in [0.15, 0.2) is 60.9 Å². The molecule has 0 unspecified atom stereocenters. The molecule has 2 aromatic heterocycles. The van der Waals surface area contributed by atoms with Crippen molar-refractivity contribution in [3.63, 3.8) is 0 Å². The Morgan fingerprint density at radius 3 is 2.49 bits per heavy atom. The zero-order valence-electron chi connectivity index (χ0n) is 21.7. The lowest BCUT2D eigenvalue weighted by Gasteiger charge is -2.15. The fourth-order valence-electron chi connectivity index (χ4n) is 3.72. The molecule has 11 heteroatoms. The standard InChI is InChI=1S/C28H28F2N6O3/c1-17-12-18(8-9-32-17)35-27-25(38-3)16-34-28(36-27)26(31)20-6-4-5-7-24(20)33-15-21-22(29)13-19(14-23(21)30)39-11-10-37-2/h4-9,12-14,16,31,33H,10-11,15H2,1-3H3,(H,32,34,35,36). The summed E-state index contributed by atoms with van der Waals surface area (Å²) in [4.78, 5) is 13.0. The summed E-state index contributed by atoms with van der Waals surface area (Å²) in [6.07, 6.45) is 3.15. The number of methoxy groups -OCH3 is 2. The van der Waals surface area contributed by atoms with Crippen molar-refractivity contribution in [1.29, 1.82) is 5.41 Å². The molecule has 0 saturated heterocycles. The van der Waals surface area contributed by atoms with Crippen molar-refractivity contribution in [1.82, 2.24) is 15.0 Å². The van der Waals surface area contributed by atoms with Crippen molar-refractivity contribution in [2.45, 2.75) is 13.5 Å². The number of anilines is 3. The van der Waals surface area contributed by atoms with Crippen LogP contribution in [0.5, 0.6) is 11.5 Å². The van der Waals surface area contributed by atoms with Crippen LogP contribution in [0, 0.1) is 24.0 Å². The van der Waals surface area contributed by atoms with Crippen LogP contribution < -0.4 is 20.1 Å². The minimum Gasteiger partial charge on any atom is -0.491 e. The van der Waals surface area contributed by atoms with Crippen LogP contribution in [0.4, 0.5) is 26.0 Å². The molecule has 2 aromatic carbocycles. The van der Waals surface area contributed by atoms with E-state index in [1.54, 1.807) is 36.5 Å². The first-order chi connectivity index (χ1) is 18.9. The largest absolute Gasteiger partial charge is 0.491 e. The summed E-state index contributed by atoms with van der Waals surface area (Å²) in [5.74, 6) is -0.511. The number of halogens is 2. The number of rotatable bonds is 12. The summed E-state index contributed by atoms with van der Waals surface area (Å²) in [6.45, 7) is 2.19. The van der Waals surface area contributed by atoms with Gasteiger partial charge in [0.15, 0.2) is 17.4 Å². The van der Waals surface area contributed by atoms with E-state index in [0.717, 1.165) is 23.5 Å². The van der Waals surface area contributed by atoms with Crippen molar-refractivity contribution < 1.29 is 23.0 Å². The van der Waals surface area contributed by atoms with Gasteiger partial charge in [0.05, 0.1) is 19.9 Å². The molecule has 9 nitrogen and oxygen atoms in total. The SMILES string of the molecule is COCCOc1cc(F)c(CNc2ccccc2C(=N)c2ncc(OC)c(Nc3ccnc(C)c3)n2)c(F)c1. The van der Waals surface area contributed by atoms with Crippen LogP contribution in [-0.4, -0.2) is 48.1 Å². The first-order valence-electron chi connectivity index (χ1n) is 12.0. The third kappa shape index (κ3) is 6.82. The molecule has 0 aliphatic rings. The fourth-order valence-corrected chi connectivity index (χ4v) is 3.72. The average molecular weight is 535 g/mol. The van der Waals surface area contributed by atoms with E-state index in [0.29, 0.717) is 29.4 Å². The maximum absolute atomic E-state index is 14.7. The van der Waals surface area contributed by atoms with Gasteiger partial charge in [0.2, 0.25) is 0 Å². The van der Waals surface area contributed by atoms with Gasteiger partial charge in [-0.25, -0.2) is 18.7 Å². The van der Waals surface area contributed by atoms with Crippen LogP contribution in [0.1, 0.15) is 22.6 Å².